The van der Waals surface area contributed by atoms with Crippen LogP contribution in [0.3, 0.4) is 0 Å². The first kappa shape index (κ1) is 27.5. The predicted octanol–water partition coefficient (Wildman–Crippen LogP) is 4.58. The Morgan fingerprint density at radius 3 is 2.54 bits per heavy atom. The number of nitrogens with one attached hydrogen (secondary N) is 1. The van der Waals surface area contributed by atoms with Crippen molar-refractivity contribution < 1.29 is 13.2 Å². The molecule has 1 fully saturated rings. The first-order valence-corrected chi connectivity index (χ1v) is 15.7. The number of thiophene rings is 1. The molecule has 1 aliphatic rings. The van der Waals surface area contributed by atoms with E-state index in [0.29, 0.717) is 26.5 Å². The van der Waals surface area contributed by atoms with Gasteiger partial charge in [-0.2, -0.15) is 0 Å². The molecule has 2 aromatic carbocycles. The molecule has 39 heavy (non-hydrogen) atoms. The number of likely N-dealkylation sites (tertiary alicyclic amines) is 1. The summed E-state index contributed by atoms with van der Waals surface area (Å²) in [6.07, 6.45) is 5.13. The van der Waals surface area contributed by atoms with E-state index in [4.69, 9.17) is 11.6 Å². The molecule has 1 saturated heterocycles. The van der Waals surface area contributed by atoms with E-state index in [1.807, 2.05) is 12.1 Å². The fraction of sp³-hybridized carbons (Fsp3) is 0.321. The van der Waals surface area contributed by atoms with E-state index in [2.05, 4.69) is 15.2 Å². The number of aromatic nitrogens is 2. The first-order chi connectivity index (χ1) is 18.8. The Labute approximate surface area is 236 Å². The lowest BCUT2D eigenvalue weighted by molar-refractivity contribution is -0.116. The number of Topliss-reactive ketones (excluding diaryl/α,β-unsaturated/α-hetero) is 1. The van der Waals surface area contributed by atoms with Crippen LogP contribution in [0.15, 0.2) is 69.9 Å². The van der Waals surface area contributed by atoms with E-state index in [9.17, 15) is 18.0 Å². The molecule has 1 aliphatic heterocycles. The molecule has 2 aromatic heterocycles. The summed E-state index contributed by atoms with van der Waals surface area (Å²) in [7, 11) is -3.73. The van der Waals surface area contributed by atoms with Gasteiger partial charge in [0.05, 0.1) is 20.9 Å². The third-order valence-electron chi connectivity index (χ3n) is 6.76. The van der Waals surface area contributed by atoms with E-state index in [1.165, 1.54) is 49.0 Å². The van der Waals surface area contributed by atoms with Crippen LogP contribution in [0, 0.1) is 0 Å². The van der Waals surface area contributed by atoms with Crippen molar-refractivity contribution in [2.24, 2.45) is 0 Å². The molecule has 0 saturated carbocycles. The van der Waals surface area contributed by atoms with Gasteiger partial charge in [0.2, 0.25) is 0 Å². The van der Waals surface area contributed by atoms with Gasteiger partial charge in [-0.1, -0.05) is 23.7 Å². The van der Waals surface area contributed by atoms with Crippen LogP contribution >= 0.6 is 22.9 Å². The number of benzene rings is 2. The van der Waals surface area contributed by atoms with Gasteiger partial charge in [-0.3, -0.25) is 14.2 Å². The standard InChI is InChI=1S/C28H29ClN4O4S2/c29-26-10-11-27(38-26)39(36,37)18-23(34)16-20-4-7-22(8-5-20)33-19-31-25-17-21(6-9-24(25)28(33)35)30-12-3-15-32-13-1-2-14-32/h4-11,17,19,30H,1-3,12-16,18H2. The molecule has 204 valence electrons. The maximum absolute atomic E-state index is 13.2. The molecule has 11 heteroatoms. The Hall–Kier alpha value is -3.05. The topological polar surface area (TPSA) is 101 Å². The molecule has 0 bridgehead atoms. The molecule has 0 unspecified atom stereocenters. The zero-order chi connectivity index (χ0) is 27.4. The van der Waals surface area contributed by atoms with Crippen molar-refractivity contribution in [3.63, 3.8) is 0 Å². The van der Waals surface area contributed by atoms with Crippen molar-refractivity contribution >= 4 is 55.1 Å². The second-order valence-corrected chi connectivity index (χ2v) is 13.6. The number of hydrogen-bond donors (Lipinski definition) is 1. The van der Waals surface area contributed by atoms with Gasteiger partial charge >= 0.3 is 0 Å². The maximum Gasteiger partial charge on any atom is 0.265 e. The number of hydrogen-bond acceptors (Lipinski definition) is 8. The lowest BCUT2D eigenvalue weighted by atomic mass is 10.1. The van der Waals surface area contributed by atoms with Gasteiger partial charge < -0.3 is 10.2 Å². The third kappa shape index (κ3) is 6.75. The van der Waals surface area contributed by atoms with Crippen LogP contribution in [0.1, 0.15) is 24.8 Å². The summed E-state index contributed by atoms with van der Waals surface area (Å²) in [6, 6.07) is 15.4. The van der Waals surface area contributed by atoms with Gasteiger partial charge in [0.25, 0.3) is 5.56 Å². The number of carbonyl (C=O) groups is 1. The molecule has 3 heterocycles. The molecule has 8 nitrogen and oxygen atoms in total. The monoisotopic (exact) mass is 584 g/mol. The molecule has 5 rings (SSSR count). The first-order valence-electron chi connectivity index (χ1n) is 12.9. The number of nitrogens with zero attached hydrogens (tertiary/aromatic N) is 3. The molecule has 0 atom stereocenters. The number of anilines is 1. The molecule has 0 radical (unpaired) electrons. The fourth-order valence-corrected chi connectivity index (χ4v) is 7.57. The smallest absolute Gasteiger partial charge is 0.265 e. The molecule has 1 N–H and O–H groups in total. The van der Waals surface area contributed by atoms with E-state index < -0.39 is 21.4 Å². The summed E-state index contributed by atoms with van der Waals surface area (Å²) < 4.78 is 26.8. The van der Waals surface area contributed by atoms with Crippen molar-refractivity contribution in [2.75, 3.05) is 37.2 Å². The number of carbonyl (C=O) groups excluding carboxylic acids is 1. The van der Waals surface area contributed by atoms with Crippen LogP contribution < -0.4 is 10.9 Å². The summed E-state index contributed by atoms with van der Waals surface area (Å²) in [5.74, 6) is -1.01. The number of ketones is 1. The third-order valence-corrected chi connectivity index (χ3v) is 10.2. The van der Waals surface area contributed by atoms with Crippen LogP contribution in [-0.4, -0.2) is 60.6 Å². The zero-order valence-corrected chi connectivity index (χ0v) is 23.7. The minimum atomic E-state index is -3.73. The van der Waals surface area contributed by atoms with Crippen molar-refractivity contribution in [2.45, 2.75) is 29.9 Å². The Morgan fingerprint density at radius 1 is 1.05 bits per heavy atom. The average molecular weight is 585 g/mol. The summed E-state index contributed by atoms with van der Waals surface area (Å²) in [5.41, 5.74) is 2.63. The van der Waals surface area contributed by atoms with E-state index >= 15 is 0 Å². The van der Waals surface area contributed by atoms with Gasteiger partial charge in [-0.15, -0.1) is 11.3 Å². The highest BCUT2D eigenvalue weighted by Crippen LogP contribution is 2.26. The normalized spacial score (nSPS) is 14.2. The van der Waals surface area contributed by atoms with Crippen LogP contribution in [0.25, 0.3) is 16.6 Å². The van der Waals surface area contributed by atoms with Gasteiger partial charge in [-0.05, 0) is 86.9 Å². The van der Waals surface area contributed by atoms with Gasteiger partial charge in [0, 0.05) is 18.7 Å². The number of fused-ring (bicyclic) bond motifs is 1. The average Bonchev–Trinajstić information content (AvgIpc) is 3.59. The number of rotatable bonds is 11. The number of sulfone groups is 1. The Morgan fingerprint density at radius 2 is 1.82 bits per heavy atom. The van der Waals surface area contributed by atoms with E-state index in [-0.39, 0.29) is 16.2 Å². The summed E-state index contributed by atoms with van der Waals surface area (Å²) >= 11 is 6.76. The van der Waals surface area contributed by atoms with Gasteiger partial charge in [0.1, 0.15) is 16.3 Å². The predicted molar refractivity (Wildman–Crippen MR) is 156 cm³/mol. The largest absolute Gasteiger partial charge is 0.385 e. The van der Waals surface area contributed by atoms with E-state index in [1.54, 1.807) is 30.3 Å². The fourth-order valence-electron chi connectivity index (χ4n) is 4.76. The maximum atomic E-state index is 13.2. The molecule has 0 spiro atoms. The minimum absolute atomic E-state index is 0.0305. The van der Waals surface area contributed by atoms with Crippen molar-refractivity contribution in [3.8, 4) is 5.69 Å². The quantitative estimate of drug-likeness (QED) is 0.257. The molecular weight excluding hydrogens is 556 g/mol. The van der Waals surface area contributed by atoms with Crippen LogP contribution in [0.5, 0.6) is 0 Å². The van der Waals surface area contributed by atoms with Gasteiger partial charge in [-0.25, -0.2) is 13.4 Å². The second-order valence-electron chi connectivity index (χ2n) is 9.68. The lowest BCUT2D eigenvalue weighted by Crippen LogP contribution is -2.22. The van der Waals surface area contributed by atoms with Crippen molar-refractivity contribution in [1.82, 2.24) is 14.5 Å². The second kappa shape index (κ2) is 12.0. The highest BCUT2D eigenvalue weighted by molar-refractivity contribution is 7.94. The Balaban J connectivity index is 1.21. The SMILES string of the molecule is O=C(Cc1ccc(-n2cnc3cc(NCCCN4CCCC4)ccc3c2=O)cc1)CS(=O)(=O)c1ccc(Cl)s1. The zero-order valence-electron chi connectivity index (χ0n) is 21.3. The summed E-state index contributed by atoms with van der Waals surface area (Å²) in [5, 5.41) is 3.94. The van der Waals surface area contributed by atoms with Gasteiger partial charge in [0.15, 0.2) is 15.6 Å². The minimum Gasteiger partial charge on any atom is -0.385 e. The van der Waals surface area contributed by atoms with Crippen LogP contribution in [0.4, 0.5) is 5.69 Å². The highest BCUT2D eigenvalue weighted by Gasteiger charge is 2.21. The van der Waals surface area contributed by atoms with Crippen molar-refractivity contribution in [1.29, 1.82) is 0 Å². The Bertz CT molecular complexity index is 1640. The summed E-state index contributed by atoms with van der Waals surface area (Å²) in [4.78, 5) is 32.6. The van der Waals surface area contributed by atoms with Crippen molar-refractivity contribution in [3.05, 3.63) is 81.2 Å². The molecular formula is C28H29ClN4O4S2. The number of halogens is 1. The molecule has 0 amide bonds. The summed E-state index contributed by atoms with van der Waals surface area (Å²) in [6.45, 7) is 4.36. The highest BCUT2D eigenvalue weighted by atomic mass is 35.5. The Kier molecular flexibility index (Phi) is 8.46. The lowest BCUT2D eigenvalue weighted by Gasteiger charge is -2.15. The van der Waals surface area contributed by atoms with Crippen LogP contribution in [0.2, 0.25) is 4.34 Å². The molecule has 4 aromatic rings. The molecule has 0 aliphatic carbocycles. The van der Waals surface area contributed by atoms with E-state index in [0.717, 1.165) is 36.5 Å². The van der Waals surface area contributed by atoms with Crippen LogP contribution in [-0.2, 0) is 21.1 Å².